The topological polar surface area (TPSA) is 298 Å². The number of aromatic nitrogens is 7. The van der Waals surface area contributed by atoms with Gasteiger partial charge in [0.05, 0.1) is 23.8 Å². The second kappa shape index (κ2) is 24.6. The van der Waals surface area contributed by atoms with E-state index in [4.69, 9.17) is 59.2 Å². The van der Waals surface area contributed by atoms with Crippen molar-refractivity contribution in [1.29, 1.82) is 0 Å². The lowest BCUT2D eigenvalue weighted by Crippen LogP contribution is -2.35. The van der Waals surface area contributed by atoms with Gasteiger partial charge in [-0.05, 0) is 74.9 Å². The Labute approximate surface area is 403 Å². The van der Waals surface area contributed by atoms with Gasteiger partial charge in [0.1, 0.15) is 33.1 Å². The summed E-state index contributed by atoms with van der Waals surface area (Å²) in [6.07, 6.45) is 1.49. The minimum atomic E-state index is -4.45. The number of pyridine rings is 1. The molecule has 0 aliphatic carbocycles. The molecule has 0 spiro atoms. The summed E-state index contributed by atoms with van der Waals surface area (Å²) in [6, 6.07) is 12.5. The van der Waals surface area contributed by atoms with Crippen LogP contribution in [-0.2, 0) is 30.8 Å². The molecule has 6 rings (SSSR count). The number of hydrogen-bond donors (Lipinski definition) is 5. The molecule has 0 saturated carbocycles. The van der Waals surface area contributed by atoms with Crippen LogP contribution in [0.1, 0.15) is 42.1 Å². The molecule has 0 aliphatic rings. The van der Waals surface area contributed by atoms with Crippen LogP contribution in [-0.4, -0.2) is 109 Å². The number of carboxylic acid groups (broad SMARTS) is 2. The third-order valence-electron chi connectivity index (χ3n) is 8.46. The van der Waals surface area contributed by atoms with E-state index in [-0.39, 0.29) is 64.2 Å². The van der Waals surface area contributed by atoms with Crippen molar-refractivity contribution in [3.8, 4) is 17.4 Å². The van der Waals surface area contributed by atoms with Crippen LogP contribution >= 0.6 is 34.8 Å². The van der Waals surface area contributed by atoms with Crippen LogP contribution in [0.2, 0.25) is 10.0 Å². The van der Waals surface area contributed by atoms with Gasteiger partial charge in [0.25, 0.3) is 10.0 Å². The number of nitrogens with one attached hydrogen (secondary N) is 3. The molecule has 6 aromatic rings. The van der Waals surface area contributed by atoms with Gasteiger partial charge in [0.2, 0.25) is 11.9 Å². The second-order valence-electron chi connectivity index (χ2n) is 13.1. The summed E-state index contributed by atoms with van der Waals surface area (Å²) in [7, 11) is -2.92. The first-order chi connectivity index (χ1) is 32.6. The Morgan fingerprint density at radius 2 is 1.61 bits per heavy atom. The van der Waals surface area contributed by atoms with Crippen LogP contribution in [0.3, 0.4) is 0 Å². The molecule has 22 nitrogen and oxygen atoms in total. The Morgan fingerprint density at radius 3 is 2.23 bits per heavy atom. The van der Waals surface area contributed by atoms with E-state index in [0.29, 0.717) is 21.0 Å². The minimum Gasteiger partial charge on any atom is -0.480 e. The van der Waals surface area contributed by atoms with Crippen molar-refractivity contribution in [2.75, 3.05) is 37.5 Å². The largest absolute Gasteiger partial charge is 0.480 e. The summed E-state index contributed by atoms with van der Waals surface area (Å²) < 4.78 is 82.1. The Morgan fingerprint density at radius 1 is 0.913 bits per heavy atom. The van der Waals surface area contributed by atoms with Crippen LogP contribution in [0.4, 0.5) is 29.9 Å². The summed E-state index contributed by atoms with van der Waals surface area (Å²) in [5.41, 5.74) is -1.28. The number of esters is 1. The number of urea groups is 1. The van der Waals surface area contributed by atoms with Gasteiger partial charge in [-0.15, -0.1) is 16.7 Å². The van der Waals surface area contributed by atoms with Gasteiger partial charge in [0.15, 0.2) is 12.4 Å². The van der Waals surface area contributed by atoms with Crippen molar-refractivity contribution in [1.82, 2.24) is 39.0 Å². The molecular formula is C40H38Cl3F3N10O12S. The Kier molecular flexibility index (Phi) is 19.4. The van der Waals surface area contributed by atoms with Gasteiger partial charge in [-0.25, -0.2) is 41.3 Å². The second-order valence-corrected chi connectivity index (χ2v) is 16.1. The molecule has 1 unspecified atom stereocenters. The van der Waals surface area contributed by atoms with Crippen molar-refractivity contribution in [2.24, 2.45) is 0 Å². The molecule has 2 amide bonds. The van der Waals surface area contributed by atoms with Gasteiger partial charge in [-0.1, -0.05) is 35.3 Å². The van der Waals surface area contributed by atoms with Crippen molar-refractivity contribution in [2.45, 2.75) is 44.0 Å². The lowest BCUT2D eigenvalue weighted by Gasteiger charge is -2.12. The number of fused-ring (bicyclic) bond motifs is 1. The van der Waals surface area contributed by atoms with E-state index < -0.39 is 74.5 Å². The minimum absolute atomic E-state index is 0.0424. The van der Waals surface area contributed by atoms with Crippen molar-refractivity contribution >= 4 is 91.6 Å². The first-order valence-corrected chi connectivity index (χ1v) is 22.2. The van der Waals surface area contributed by atoms with Crippen LogP contribution in [0.5, 0.6) is 11.8 Å². The number of anilines is 2. The molecule has 3 heterocycles. The molecule has 1 atom stereocenters. The quantitative estimate of drug-likeness (QED) is 0.0539. The molecule has 0 radical (unpaired) electrons. The third kappa shape index (κ3) is 14.6. The molecule has 0 aliphatic heterocycles. The maximum atomic E-state index is 14.2. The number of nitrogens with zero attached hydrogens (tertiary/aromatic N) is 7. The van der Waals surface area contributed by atoms with Crippen molar-refractivity contribution in [3.05, 3.63) is 110 Å². The summed E-state index contributed by atoms with van der Waals surface area (Å²) in [6.45, 7) is 1.38. The van der Waals surface area contributed by atoms with Gasteiger partial charge in [-0.2, -0.15) is 28.4 Å². The van der Waals surface area contributed by atoms with Gasteiger partial charge >= 0.3 is 42.2 Å². The average molecular weight is 1050 g/mol. The lowest BCUT2D eigenvalue weighted by atomic mass is 10.1. The van der Waals surface area contributed by atoms with E-state index in [9.17, 15) is 45.6 Å². The predicted molar refractivity (Wildman–Crippen MR) is 242 cm³/mol. The maximum absolute atomic E-state index is 14.2. The molecule has 0 bridgehead atoms. The molecule has 368 valence electrons. The first-order valence-electron chi connectivity index (χ1n) is 19.5. The molecule has 0 saturated heterocycles. The van der Waals surface area contributed by atoms with Crippen LogP contribution in [0.15, 0.2) is 76.6 Å². The smallest absolute Gasteiger partial charge is 0.355 e. The Hall–Kier alpha value is -7.29. The van der Waals surface area contributed by atoms with E-state index in [1.54, 1.807) is 49.0 Å². The fourth-order valence-electron chi connectivity index (χ4n) is 5.53. The highest BCUT2D eigenvalue weighted by Crippen LogP contribution is 2.30. The monoisotopic (exact) mass is 1040 g/mol. The molecule has 0 fully saturated rings. The van der Waals surface area contributed by atoms with Crippen molar-refractivity contribution < 1.29 is 65.2 Å². The number of benzene rings is 3. The molecular weight excluding hydrogens is 1010 g/mol. The molecule has 3 aromatic heterocycles. The third-order valence-corrected chi connectivity index (χ3v) is 10.9. The number of sulfonamides is 1. The van der Waals surface area contributed by atoms with E-state index in [1.807, 2.05) is 0 Å². The SMILES string of the molecule is CCOC(=O)C(Cl)Cc1cc(-n2nc(C)n(C(F)F)c2=O)c(F)cc1Cl.CCOc1nc(NC)nc(NC(=O)NS(=O)(=O)c2ccccc2C(=O)O)n1.O=C(O)COc1ccc(Cl)c2cccnc12. The fourth-order valence-corrected chi connectivity index (χ4v) is 7.31. The molecule has 69 heavy (non-hydrogen) atoms. The average Bonchev–Trinajstić information content (AvgIpc) is 3.60. The zero-order chi connectivity index (χ0) is 51.2. The predicted octanol–water partition coefficient (Wildman–Crippen LogP) is 6.12. The lowest BCUT2D eigenvalue weighted by molar-refractivity contribution is -0.142. The summed E-state index contributed by atoms with van der Waals surface area (Å²) >= 11 is 17.9. The highest BCUT2D eigenvalue weighted by Gasteiger charge is 2.26. The summed E-state index contributed by atoms with van der Waals surface area (Å²) in [5.74, 6) is -4.16. The number of carbonyl (C=O) groups is 4. The standard InChI is InChI=1S/C15H14Cl2F3N3O3.C14H16N6O6S.C11H8ClNO3/c1-3-26-13(24)10(17)4-8-5-12(11(18)6-9(8)16)23-15(25)22(14(19)20)7(2)21-23;1-3-26-14-18-11(15-2)16-12(19-14)17-13(23)20-27(24,25)9-7-5-4-6-8(9)10(21)22;12-8-3-4-9(16-6-10(14)15)11-7(8)2-1-5-13-11/h5-6,10,14H,3-4H2,1-2H3;4-7H,3H2,1-2H3,(H,21,22)(H3,15,16,17,18,19,20,23);1-5H,6H2,(H,14,15). The van der Waals surface area contributed by atoms with Gasteiger partial charge < -0.3 is 29.7 Å². The fraction of sp³-hybridized carbons (Fsp3) is 0.250. The number of carboxylic acids is 2. The zero-order valence-corrected chi connectivity index (χ0v) is 39.2. The van der Waals surface area contributed by atoms with Gasteiger partial charge in [-0.3, -0.25) is 15.1 Å². The zero-order valence-electron chi connectivity index (χ0n) is 36.1. The van der Waals surface area contributed by atoms with Crippen molar-refractivity contribution in [3.63, 3.8) is 0 Å². The number of ether oxygens (including phenoxy) is 3. The number of alkyl halides is 3. The number of rotatable bonds is 16. The van der Waals surface area contributed by atoms with Crippen LogP contribution in [0.25, 0.3) is 16.6 Å². The number of aromatic carboxylic acids is 1. The van der Waals surface area contributed by atoms with Crippen LogP contribution < -0.4 is 30.5 Å². The molecule has 29 heteroatoms. The first kappa shape index (κ1) is 54.3. The molecule has 5 N–H and O–H groups in total. The normalized spacial score (nSPS) is 11.3. The van der Waals surface area contributed by atoms with E-state index in [2.05, 4.69) is 35.7 Å². The summed E-state index contributed by atoms with van der Waals surface area (Å²) in [4.78, 5) is 72.4. The number of halogens is 6. The maximum Gasteiger partial charge on any atom is 0.355 e. The number of aliphatic carboxylic acids is 1. The van der Waals surface area contributed by atoms with E-state index in [1.165, 1.54) is 26.1 Å². The number of carbonyl (C=O) groups excluding carboxylic acids is 2. The summed E-state index contributed by atoms with van der Waals surface area (Å²) in [5, 5.41) is 26.2. The number of hydrogen-bond acceptors (Lipinski definition) is 16. The number of amides is 2. The highest BCUT2D eigenvalue weighted by molar-refractivity contribution is 7.90. The van der Waals surface area contributed by atoms with E-state index >= 15 is 0 Å². The Balaban J connectivity index is 0.000000233. The highest BCUT2D eigenvalue weighted by atomic mass is 35.5. The van der Waals surface area contributed by atoms with Crippen LogP contribution in [0, 0.1) is 12.7 Å². The Bertz CT molecular complexity index is 3020. The number of aryl methyl sites for hydroxylation is 1. The van der Waals surface area contributed by atoms with Gasteiger partial charge in [0, 0.05) is 30.1 Å². The van der Waals surface area contributed by atoms with E-state index in [0.717, 1.165) is 29.7 Å². The molecule has 3 aromatic carbocycles.